The van der Waals surface area contributed by atoms with Gasteiger partial charge in [0.1, 0.15) is 0 Å². The summed E-state index contributed by atoms with van der Waals surface area (Å²) in [7, 11) is 0. The maximum atomic E-state index is 3.80. The zero-order valence-corrected chi connectivity index (χ0v) is 20.5. The molecule has 1 aliphatic carbocycles. The second-order valence-electron chi connectivity index (χ2n) is 10.2. The molecule has 8 rings (SSSR count). The van der Waals surface area contributed by atoms with Crippen molar-refractivity contribution in [1.29, 1.82) is 0 Å². The molecule has 174 valence electrons. The first-order valence-electron chi connectivity index (χ1n) is 13.0. The Morgan fingerprint density at radius 2 is 0.973 bits per heavy atom. The van der Waals surface area contributed by atoms with E-state index in [-0.39, 0.29) is 0 Å². The summed E-state index contributed by atoms with van der Waals surface area (Å²) in [6.07, 6.45) is 1.80. The average Bonchev–Trinajstić information content (AvgIpc) is 3.31. The number of hydrogen-bond donors (Lipinski definition) is 1. The SMILES string of the molecule is c1ccc2c(c1)Cc1ccccc1-c1cc3c(cc1Cc1ccccc1-2)[nH]c1c2ccccc2ccc31. The summed E-state index contributed by atoms with van der Waals surface area (Å²) >= 11 is 0. The van der Waals surface area contributed by atoms with Crippen LogP contribution in [0.2, 0.25) is 0 Å². The Balaban J connectivity index is 1.46. The second-order valence-corrected chi connectivity index (χ2v) is 10.2. The van der Waals surface area contributed by atoms with Crippen LogP contribution in [0.5, 0.6) is 0 Å². The summed E-state index contributed by atoms with van der Waals surface area (Å²) in [6, 6.07) is 44.8. The lowest BCUT2D eigenvalue weighted by atomic mass is 9.83. The van der Waals surface area contributed by atoms with Gasteiger partial charge in [-0.3, -0.25) is 0 Å². The van der Waals surface area contributed by atoms with Gasteiger partial charge in [-0.25, -0.2) is 0 Å². The summed E-state index contributed by atoms with van der Waals surface area (Å²) < 4.78 is 0. The van der Waals surface area contributed by atoms with Gasteiger partial charge in [0.2, 0.25) is 0 Å². The van der Waals surface area contributed by atoms with Crippen LogP contribution >= 0.6 is 0 Å². The van der Waals surface area contributed by atoms with Crippen molar-refractivity contribution in [3.8, 4) is 22.3 Å². The molecule has 1 heteroatoms. The Morgan fingerprint density at radius 3 is 1.68 bits per heavy atom. The third-order valence-electron chi connectivity index (χ3n) is 8.12. The zero-order chi connectivity index (χ0) is 24.3. The highest BCUT2D eigenvalue weighted by molar-refractivity contribution is 6.17. The molecule has 1 heterocycles. The number of hydrogen-bond acceptors (Lipinski definition) is 0. The van der Waals surface area contributed by atoms with Crippen LogP contribution in [0, 0.1) is 0 Å². The number of fused-ring (bicyclic) bond motifs is 11. The number of aromatic nitrogens is 1. The summed E-state index contributed by atoms with van der Waals surface area (Å²) in [6.45, 7) is 0. The van der Waals surface area contributed by atoms with Crippen LogP contribution in [0.4, 0.5) is 0 Å². The molecule has 0 radical (unpaired) electrons. The van der Waals surface area contributed by atoms with Crippen LogP contribution in [-0.4, -0.2) is 4.98 Å². The van der Waals surface area contributed by atoms with Crippen LogP contribution in [0.3, 0.4) is 0 Å². The van der Waals surface area contributed by atoms with Crippen molar-refractivity contribution in [2.45, 2.75) is 12.8 Å². The molecule has 0 fully saturated rings. The van der Waals surface area contributed by atoms with Crippen molar-refractivity contribution in [2.24, 2.45) is 0 Å². The van der Waals surface area contributed by atoms with Gasteiger partial charge in [0.15, 0.2) is 0 Å². The second kappa shape index (κ2) is 7.94. The zero-order valence-electron chi connectivity index (χ0n) is 20.5. The van der Waals surface area contributed by atoms with E-state index >= 15 is 0 Å². The van der Waals surface area contributed by atoms with E-state index in [1.807, 2.05) is 0 Å². The predicted molar refractivity (Wildman–Crippen MR) is 156 cm³/mol. The molecule has 0 bridgehead atoms. The molecule has 1 aromatic heterocycles. The highest BCUT2D eigenvalue weighted by Gasteiger charge is 2.19. The number of rotatable bonds is 0. The topological polar surface area (TPSA) is 15.8 Å². The van der Waals surface area contributed by atoms with Gasteiger partial charge in [0, 0.05) is 21.7 Å². The lowest BCUT2D eigenvalue weighted by Crippen LogP contribution is -2.02. The van der Waals surface area contributed by atoms with Crippen LogP contribution in [0.25, 0.3) is 54.8 Å². The van der Waals surface area contributed by atoms with Gasteiger partial charge < -0.3 is 4.98 Å². The first kappa shape index (κ1) is 20.6. The number of aromatic amines is 1. The lowest BCUT2D eigenvalue weighted by molar-refractivity contribution is 1.15. The Labute approximate surface area is 216 Å². The van der Waals surface area contributed by atoms with Gasteiger partial charge in [-0.1, -0.05) is 109 Å². The molecule has 6 aromatic carbocycles. The van der Waals surface area contributed by atoms with Gasteiger partial charge in [0.25, 0.3) is 0 Å². The Bertz CT molecular complexity index is 1990. The molecule has 1 N–H and O–H groups in total. The standard InChI is InChI=1S/C36H25N/c1-8-16-31-23(9-1)17-18-32-34-22-33-27(21-35(34)37-36(31)32)20-26-12-3-6-14-29(26)28-13-5-2-10-24(28)19-25-11-4-7-15-30(25)33/h1-18,21-22,37H,19-20H2. The number of H-pyrrole nitrogens is 1. The lowest BCUT2D eigenvalue weighted by Gasteiger charge is -2.21. The summed E-state index contributed by atoms with van der Waals surface area (Å²) in [4.78, 5) is 3.80. The van der Waals surface area contributed by atoms with Crippen LogP contribution < -0.4 is 0 Å². The first-order valence-corrected chi connectivity index (χ1v) is 13.0. The summed E-state index contributed by atoms with van der Waals surface area (Å²) in [5.74, 6) is 0. The van der Waals surface area contributed by atoms with E-state index in [0.717, 1.165) is 12.8 Å². The molecule has 1 aliphatic rings. The quantitative estimate of drug-likeness (QED) is 0.227. The normalized spacial score (nSPS) is 12.6. The van der Waals surface area contributed by atoms with Crippen molar-refractivity contribution in [2.75, 3.05) is 0 Å². The minimum absolute atomic E-state index is 0.889. The number of nitrogens with one attached hydrogen (secondary N) is 1. The van der Waals surface area contributed by atoms with E-state index in [4.69, 9.17) is 0 Å². The highest BCUT2D eigenvalue weighted by Crippen LogP contribution is 2.40. The van der Waals surface area contributed by atoms with Gasteiger partial charge in [-0.15, -0.1) is 0 Å². The third kappa shape index (κ3) is 3.17. The van der Waals surface area contributed by atoms with Crippen molar-refractivity contribution >= 4 is 32.6 Å². The smallest absolute Gasteiger partial charge is 0.0544 e. The van der Waals surface area contributed by atoms with E-state index < -0.39 is 0 Å². The molecular weight excluding hydrogens is 446 g/mol. The molecule has 7 aromatic rings. The minimum Gasteiger partial charge on any atom is -0.354 e. The molecular formula is C36H25N. The molecule has 0 atom stereocenters. The van der Waals surface area contributed by atoms with E-state index in [2.05, 4.69) is 126 Å². The maximum Gasteiger partial charge on any atom is 0.0544 e. The van der Waals surface area contributed by atoms with E-state index in [9.17, 15) is 0 Å². The largest absolute Gasteiger partial charge is 0.354 e. The van der Waals surface area contributed by atoms with Crippen molar-refractivity contribution in [1.82, 2.24) is 4.98 Å². The molecule has 0 unspecified atom stereocenters. The molecule has 0 saturated carbocycles. The predicted octanol–water partition coefficient (Wildman–Crippen LogP) is 9.30. The highest BCUT2D eigenvalue weighted by atomic mass is 14.7. The molecule has 0 aliphatic heterocycles. The Hall–Kier alpha value is -4.62. The van der Waals surface area contributed by atoms with Gasteiger partial charge in [0.05, 0.1) is 5.52 Å². The molecule has 0 amide bonds. The fraction of sp³-hybridized carbons (Fsp3) is 0.0556. The molecule has 1 nitrogen and oxygen atoms in total. The van der Waals surface area contributed by atoms with Crippen molar-refractivity contribution < 1.29 is 0 Å². The maximum absolute atomic E-state index is 3.80. The van der Waals surface area contributed by atoms with E-state index in [1.165, 1.54) is 77.1 Å². The summed E-state index contributed by atoms with van der Waals surface area (Å²) in [5.41, 5.74) is 13.3. The monoisotopic (exact) mass is 471 g/mol. The fourth-order valence-electron chi connectivity index (χ4n) is 6.36. The number of benzene rings is 6. The Morgan fingerprint density at radius 1 is 0.405 bits per heavy atom. The van der Waals surface area contributed by atoms with Gasteiger partial charge in [-0.2, -0.15) is 0 Å². The fourth-order valence-corrected chi connectivity index (χ4v) is 6.36. The first-order chi connectivity index (χ1) is 18.3. The molecule has 0 saturated heterocycles. The van der Waals surface area contributed by atoms with E-state index in [0.29, 0.717) is 0 Å². The Kier molecular flexibility index (Phi) is 4.41. The molecule has 0 spiro atoms. The van der Waals surface area contributed by atoms with Crippen LogP contribution in [0.15, 0.2) is 121 Å². The summed E-state index contributed by atoms with van der Waals surface area (Å²) in [5, 5.41) is 5.13. The van der Waals surface area contributed by atoms with Crippen molar-refractivity contribution in [3.63, 3.8) is 0 Å². The van der Waals surface area contributed by atoms with Crippen LogP contribution in [0.1, 0.15) is 22.3 Å². The van der Waals surface area contributed by atoms with E-state index in [1.54, 1.807) is 0 Å². The molecule has 37 heavy (non-hydrogen) atoms. The van der Waals surface area contributed by atoms with Gasteiger partial charge in [-0.05, 0) is 74.9 Å². The van der Waals surface area contributed by atoms with Crippen LogP contribution in [-0.2, 0) is 12.8 Å². The average molecular weight is 472 g/mol. The van der Waals surface area contributed by atoms with Gasteiger partial charge >= 0.3 is 0 Å². The van der Waals surface area contributed by atoms with Crippen molar-refractivity contribution in [3.05, 3.63) is 144 Å². The third-order valence-corrected chi connectivity index (χ3v) is 8.12. The minimum atomic E-state index is 0.889.